The second-order valence-corrected chi connectivity index (χ2v) is 6.21. The molecule has 1 aliphatic heterocycles. The van der Waals surface area contributed by atoms with Gasteiger partial charge in [0.15, 0.2) is 11.5 Å². The normalized spacial score (nSPS) is 13.7. The van der Waals surface area contributed by atoms with Gasteiger partial charge in [-0.25, -0.2) is 0 Å². The third kappa shape index (κ3) is 5.17. The summed E-state index contributed by atoms with van der Waals surface area (Å²) in [6.45, 7) is 0.0797. The molecule has 7 nitrogen and oxygen atoms in total. The minimum Gasteiger partial charge on any atom is -0.454 e. The molecule has 3 rings (SSSR count). The first-order valence-electron chi connectivity index (χ1n) is 8.58. The summed E-state index contributed by atoms with van der Waals surface area (Å²) in [4.78, 5) is 23.7. The number of hydrogen-bond donors (Lipinski definition) is 3. The zero-order valence-corrected chi connectivity index (χ0v) is 15.0. The fourth-order valence-electron chi connectivity index (χ4n) is 2.65. The number of alkyl halides is 3. The number of benzene rings is 2. The molecule has 3 N–H and O–H groups in total. The minimum absolute atomic E-state index is 0.0234. The van der Waals surface area contributed by atoms with Gasteiger partial charge in [0.1, 0.15) is 0 Å². The zero-order valence-electron chi connectivity index (χ0n) is 15.0. The number of rotatable bonds is 5. The van der Waals surface area contributed by atoms with Crippen molar-refractivity contribution in [1.29, 1.82) is 0 Å². The second-order valence-electron chi connectivity index (χ2n) is 6.21. The first-order chi connectivity index (χ1) is 13.7. The second kappa shape index (κ2) is 8.39. The lowest BCUT2D eigenvalue weighted by Gasteiger charge is -2.13. The third-order valence-corrected chi connectivity index (χ3v) is 4.14. The van der Waals surface area contributed by atoms with Crippen molar-refractivity contribution >= 4 is 17.5 Å². The fraction of sp³-hybridized carbons (Fsp3) is 0.263. The summed E-state index contributed by atoms with van der Waals surface area (Å²) in [5.74, 6) is -1.06. The van der Waals surface area contributed by atoms with Crippen LogP contribution in [-0.4, -0.2) is 30.3 Å². The van der Waals surface area contributed by atoms with Crippen LogP contribution in [0.2, 0.25) is 0 Å². The van der Waals surface area contributed by atoms with Crippen molar-refractivity contribution in [2.24, 2.45) is 0 Å². The highest BCUT2D eigenvalue weighted by Crippen LogP contribution is 2.34. The Morgan fingerprint density at radius 2 is 1.83 bits per heavy atom. The van der Waals surface area contributed by atoms with Gasteiger partial charge in [0.05, 0.1) is 11.7 Å². The monoisotopic (exact) mass is 410 g/mol. The molecule has 1 aliphatic rings. The summed E-state index contributed by atoms with van der Waals surface area (Å²) < 4.78 is 48.5. The maximum absolute atomic E-state index is 12.7. The van der Waals surface area contributed by atoms with E-state index < -0.39 is 29.7 Å². The molecule has 0 fully saturated rings. The topological polar surface area (TPSA) is 96.9 Å². The number of carbonyl (C=O) groups is 2. The van der Waals surface area contributed by atoms with Crippen molar-refractivity contribution in [2.75, 3.05) is 18.7 Å². The Labute approximate surface area is 163 Å². The highest BCUT2D eigenvalue weighted by atomic mass is 19.4. The lowest BCUT2D eigenvalue weighted by atomic mass is 10.1. The number of aliphatic hydroxyl groups excluding tert-OH is 1. The lowest BCUT2D eigenvalue weighted by Crippen LogP contribution is -2.36. The van der Waals surface area contributed by atoms with E-state index in [0.29, 0.717) is 17.1 Å². The number of anilines is 1. The molecule has 0 saturated heterocycles. The number of ether oxygens (including phenoxy) is 2. The van der Waals surface area contributed by atoms with E-state index >= 15 is 0 Å². The molecule has 0 radical (unpaired) electrons. The molecule has 1 heterocycles. The van der Waals surface area contributed by atoms with Crippen LogP contribution >= 0.6 is 0 Å². The van der Waals surface area contributed by atoms with Crippen LogP contribution in [-0.2, 0) is 15.8 Å². The SMILES string of the molecule is O=C(NCCC(O)c1ccc2c(c1)OCO2)C(=O)Nc1cccc(C(F)(F)F)c1. The summed E-state index contributed by atoms with van der Waals surface area (Å²) in [6, 6.07) is 8.88. The van der Waals surface area contributed by atoms with Gasteiger partial charge in [0.2, 0.25) is 6.79 Å². The Bertz CT molecular complexity index is 917. The van der Waals surface area contributed by atoms with Crippen molar-refractivity contribution < 1.29 is 37.3 Å². The van der Waals surface area contributed by atoms with Crippen LogP contribution in [0.15, 0.2) is 42.5 Å². The van der Waals surface area contributed by atoms with Crippen molar-refractivity contribution in [3.63, 3.8) is 0 Å². The smallest absolute Gasteiger partial charge is 0.416 e. The molecule has 154 valence electrons. The molecule has 0 aliphatic carbocycles. The van der Waals surface area contributed by atoms with Gasteiger partial charge in [-0.05, 0) is 42.3 Å². The Balaban J connectivity index is 1.48. The number of amides is 2. The fourth-order valence-corrected chi connectivity index (χ4v) is 2.65. The summed E-state index contributed by atoms with van der Waals surface area (Å²) in [7, 11) is 0. The van der Waals surface area contributed by atoms with Gasteiger partial charge in [0.25, 0.3) is 0 Å². The highest BCUT2D eigenvalue weighted by Gasteiger charge is 2.30. The number of aliphatic hydroxyl groups is 1. The molecular weight excluding hydrogens is 393 g/mol. The molecule has 0 aromatic heterocycles. The van der Waals surface area contributed by atoms with Crippen LogP contribution in [0.25, 0.3) is 0 Å². The lowest BCUT2D eigenvalue weighted by molar-refractivity contribution is -0.137. The van der Waals surface area contributed by atoms with Gasteiger partial charge < -0.3 is 25.2 Å². The summed E-state index contributed by atoms with van der Waals surface area (Å²) >= 11 is 0. The molecule has 0 spiro atoms. The Kier molecular flexibility index (Phi) is 5.92. The first-order valence-corrected chi connectivity index (χ1v) is 8.58. The highest BCUT2D eigenvalue weighted by molar-refractivity contribution is 6.39. The standard InChI is InChI=1S/C19H17F3N2O5/c20-19(21,22)12-2-1-3-13(9-12)24-18(27)17(26)23-7-6-14(25)11-4-5-15-16(8-11)29-10-28-15/h1-5,8-9,14,25H,6-7,10H2,(H,23,26)(H,24,27). The van der Waals surface area contributed by atoms with Gasteiger partial charge in [-0.1, -0.05) is 12.1 Å². The van der Waals surface area contributed by atoms with Crippen molar-refractivity contribution in [3.8, 4) is 11.5 Å². The molecule has 0 bridgehead atoms. The van der Waals surface area contributed by atoms with Gasteiger partial charge in [0, 0.05) is 12.2 Å². The summed E-state index contributed by atoms with van der Waals surface area (Å²) in [5.41, 5.74) is -0.542. The van der Waals surface area contributed by atoms with E-state index in [1.807, 2.05) is 0 Å². The Morgan fingerprint density at radius 3 is 2.59 bits per heavy atom. The van der Waals surface area contributed by atoms with Crippen LogP contribution < -0.4 is 20.1 Å². The molecule has 10 heteroatoms. The van der Waals surface area contributed by atoms with Crippen LogP contribution in [0.1, 0.15) is 23.7 Å². The van der Waals surface area contributed by atoms with Gasteiger partial charge in [-0.3, -0.25) is 9.59 Å². The van der Waals surface area contributed by atoms with Gasteiger partial charge >= 0.3 is 18.0 Å². The minimum atomic E-state index is -4.56. The number of halogens is 3. The van der Waals surface area contributed by atoms with E-state index in [2.05, 4.69) is 10.6 Å². The Morgan fingerprint density at radius 1 is 1.07 bits per heavy atom. The van der Waals surface area contributed by atoms with Crippen LogP contribution in [0.4, 0.5) is 18.9 Å². The maximum atomic E-state index is 12.7. The maximum Gasteiger partial charge on any atom is 0.416 e. The Hall–Kier alpha value is -3.27. The van der Waals surface area contributed by atoms with E-state index in [9.17, 15) is 27.9 Å². The quantitative estimate of drug-likeness (QED) is 0.659. The molecule has 1 atom stereocenters. The van der Waals surface area contributed by atoms with Crippen molar-refractivity contribution in [2.45, 2.75) is 18.7 Å². The molecule has 2 aromatic rings. The summed E-state index contributed by atoms with van der Waals surface area (Å²) in [6.07, 6.45) is -5.37. The van der Waals surface area contributed by atoms with Crippen LogP contribution in [0, 0.1) is 0 Å². The average Bonchev–Trinajstić information content (AvgIpc) is 3.15. The predicted octanol–water partition coefficient (Wildman–Crippen LogP) is 2.61. The number of fused-ring (bicyclic) bond motifs is 1. The number of carbonyl (C=O) groups excluding carboxylic acids is 2. The predicted molar refractivity (Wildman–Crippen MR) is 95.2 cm³/mol. The number of hydrogen-bond acceptors (Lipinski definition) is 5. The molecule has 0 saturated carbocycles. The van der Waals surface area contributed by atoms with E-state index in [1.165, 1.54) is 6.07 Å². The van der Waals surface area contributed by atoms with Crippen LogP contribution in [0.3, 0.4) is 0 Å². The largest absolute Gasteiger partial charge is 0.454 e. The van der Waals surface area contributed by atoms with Gasteiger partial charge in [-0.2, -0.15) is 13.2 Å². The molecule has 2 amide bonds. The van der Waals surface area contributed by atoms with Crippen molar-refractivity contribution in [3.05, 3.63) is 53.6 Å². The molecule has 2 aromatic carbocycles. The average molecular weight is 410 g/mol. The van der Waals surface area contributed by atoms with Gasteiger partial charge in [-0.15, -0.1) is 0 Å². The molecule has 1 unspecified atom stereocenters. The zero-order chi connectivity index (χ0) is 21.0. The third-order valence-electron chi connectivity index (χ3n) is 4.14. The van der Waals surface area contributed by atoms with E-state index in [1.54, 1.807) is 18.2 Å². The first kappa shape index (κ1) is 20.5. The van der Waals surface area contributed by atoms with Crippen LogP contribution in [0.5, 0.6) is 11.5 Å². The summed E-state index contributed by atoms with van der Waals surface area (Å²) in [5, 5.41) is 14.6. The molecular formula is C19H17F3N2O5. The van der Waals surface area contributed by atoms with E-state index in [0.717, 1.165) is 18.2 Å². The molecule has 29 heavy (non-hydrogen) atoms. The van der Waals surface area contributed by atoms with Crippen molar-refractivity contribution in [1.82, 2.24) is 5.32 Å². The van der Waals surface area contributed by atoms with E-state index in [-0.39, 0.29) is 25.4 Å². The van der Waals surface area contributed by atoms with E-state index in [4.69, 9.17) is 9.47 Å². The number of nitrogens with one attached hydrogen (secondary N) is 2.